The molecule has 1 aromatic heterocycles. The van der Waals surface area contributed by atoms with Crippen molar-refractivity contribution in [2.24, 2.45) is 0 Å². The van der Waals surface area contributed by atoms with Gasteiger partial charge < -0.3 is 5.11 Å². The molecule has 0 spiro atoms. The standard InChI is InChI=1S/C13H13BrOS/c14-12-9-16-8-11(12)13(15)7-6-10-4-2-1-3-5-10/h1-5,8-9,13,15H,6-7H2. The number of halogens is 1. The maximum Gasteiger partial charge on any atom is 0.0812 e. The van der Waals surface area contributed by atoms with Gasteiger partial charge in [0.05, 0.1) is 6.10 Å². The van der Waals surface area contributed by atoms with Crippen molar-refractivity contribution in [3.63, 3.8) is 0 Å². The summed E-state index contributed by atoms with van der Waals surface area (Å²) in [6, 6.07) is 10.3. The van der Waals surface area contributed by atoms with Crippen LogP contribution in [-0.2, 0) is 6.42 Å². The van der Waals surface area contributed by atoms with E-state index in [4.69, 9.17) is 0 Å². The Morgan fingerprint density at radius 1 is 1.19 bits per heavy atom. The summed E-state index contributed by atoms with van der Waals surface area (Å²) >= 11 is 5.05. The van der Waals surface area contributed by atoms with E-state index in [1.807, 2.05) is 29.0 Å². The third kappa shape index (κ3) is 2.94. The van der Waals surface area contributed by atoms with Crippen molar-refractivity contribution < 1.29 is 5.11 Å². The van der Waals surface area contributed by atoms with E-state index >= 15 is 0 Å². The number of rotatable bonds is 4. The molecule has 2 aromatic rings. The molecule has 0 aliphatic heterocycles. The molecule has 84 valence electrons. The van der Waals surface area contributed by atoms with Crippen LogP contribution in [0.15, 0.2) is 45.6 Å². The number of thiophene rings is 1. The zero-order valence-electron chi connectivity index (χ0n) is 8.77. The summed E-state index contributed by atoms with van der Waals surface area (Å²) in [5.41, 5.74) is 2.27. The zero-order chi connectivity index (χ0) is 11.4. The first-order chi connectivity index (χ1) is 7.77. The first kappa shape index (κ1) is 11.8. The molecule has 0 amide bonds. The lowest BCUT2D eigenvalue weighted by atomic mass is 10.0. The normalized spacial score (nSPS) is 12.6. The topological polar surface area (TPSA) is 20.2 Å². The smallest absolute Gasteiger partial charge is 0.0812 e. The molecule has 0 fully saturated rings. The van der Waals surface area contributed by atoms with Crippen LogP contribution in [0.3, 0.4) is 0 Å². The highest BCUT2D eigenvalue weighted by molar-refractivity contribution is 9.10. The predicted octanol–water partition coefficient (Wildman–Crippen LogP) is 4.18. The lowest BCUT2D eigenvalue weighted by molar-refractivity contribution is 0.167. The fourth-order valence-electron chi connectivity index (χ4n) is 1.63. The number of aryl methyl sites for hydroxylation is 1. The SMILES string of the molecule is OC(CCc1ccccc1)c1cscc1Br. The molecule has 1 aromatic carbocycles. The first-order valence-corrected chi connectivity index (χ1v) is 6.94. The van der Waals surface area contributed by atoms with E-state index in [2.05, 4.69) is 28.1 Å². The van der Waals surface area contributed by atoms with Gasteiger partial charge in [0.25, 0.3) is 0 Å². The van der Waals surface area contributed by atoms with Crippen LogP contribution in [0.5, 0.6) is 0 Å². The summed E-state index contributed by atoms with van der Waals surface area (Å²) in [6.07, 6.45) is 1.30. The minimum atomic E-state index is -0.374. The van der Waals surface area contributed by atoms with Gasteiger partial charge in [-0.25, -0.2) is 0 Å². The molecule has 1 N–H and O–H groups in total. The Labute approximate surface area is 108 Å². The van der Waals surface area contributed by atoms with Gasteiger partial charge in [-0.2, -0.15) is 11.3 Å². The average Bonchev–Trinajstić information content (AvgIpc) is 2.74. The van der Waals surface area contributed by atoms with Crippen LogP contribution in [-0.4, -0.2) is 5.11 Å². The molecule has 0 aliphatic rings. The van der Waals surface area contributed by atoms with Gasteiger partial charge in [-0.3, -0.25) is 0 Å². The Hall–Kier alpha value is -0.640. The summed E-state index contributed by atoms with van der Waals surface area (Å²) in [5, 5.41) is 14.0. The van der Waals surface area contributed by atoms with Crippen LogP contribution < -0.4 is 0 Å². The molecule has 0 bridgehead atoms. The van der Waals surface area contributed by atoms with E-state index in [9.17, 15) is 5.11 Å². The number of aliphatic hydroxyl groups excluding tert-OH is 1. The quantitative estimate of drug-likeness (QED) is 0.897. The molecular weight excluding hydrogens is 284 g/mol. The van der Waals surface area contributed by atoms with E-state index in [0.717, 1.165) is 22.9 Å². The molecule has 1 nitrogen and oxygen atoms in total. The fraction of sp³-hybridized carbons (Fsp3) is 0.231. The Morgan fingerprint density at radius 3 is 2.56 bits per heavy atom. The van der Waals surface area contributed by atoms with Gasteiger partial charge in [0, 0.05) is 15.4 Å². The summed E-state index contributed by atoms with van der Waals surface area (Å²) < 4.78 is 1.01. The van der Waals surface area contributed by atoms with Crippen molar-refractivity contribution in [1.29, 1.82) is 0 Å². The number of hydrogen-bond acceptors (Lipinski definition) is 2. The van der Waals surface area contributed by atoms with Crippen LogP contribution in [0.25, 0.3) is 0 Å². The number of aliphatic hydroxyl groups is 1. The molecule has 0 radical (unpaired) electrons. The van der Waals surface area contributed by atoms with Crippen LogP contribution in [0.1, 0.15) is 23.7 Å². The lowest BCUT2D eigenvalue weighted by Gasteiger charge is -2.09. The van der Waals surface area contributed by atoms with Gasteiger partial charge in [-0.05, 0) is 39.7 Å². The van der Waals surface area contributed by atoms with Crippen LogP contribution in [0.4, 0.5) is 0 Å². The lowest BCUT2D eigenvalue weighted by Crippen LogP contribution is -1.98. The summed E-state index contributed by atoms with van der Waals surface area (Å²) in [5.74, 6) is 0. The number of hydrogen-bond donors (Lipinski definition) is 1. The molecule has 0 aliphatic carbocycles. The Bertz CT molecular complexity index is 438. The monoisotopic (exact) mass is 296 g/mol. The summed E-state index contributed by atoms with van der Waals surface area (Å²) in [6.45, 7) is 0. The summed E-state index contributed by atoms with van der Waals surface area (Å²) in [4.78, 5) is 0. The third-order valence-corrected chi connectivity index (χ3v) is 4.30. The van der Waals surface area contributed by atoms with E-state index < -0.39 is 0 Å². The van der Waals surface area contributed by atoms with E-state index in [1.165, 1.54) is 5.56 Å². The molecule has 16 heavy (non-hydrogen) atoms. The Kier molecular flexibility index (Phi) is 4.16. The van der Waals surface area contributed by atoms with Gasteiger partial charge in [-0.1, -0.05) is 30.3 Å². The maximum absolute atomic E-state index is 10.0. The average molecular weight is 297 g/mol. The minimum Gasteiger partial charge on any atom is -0.388 e. The van der Waals surface area contributed by atoms with Gasteiger partial charge in [0.2, 0.25) is 0 Å². The zero-order valence-corrected chi connectivity index (χ0v) is 11.2. The van der Waals surface area contributed by atoms with Crippen LogP contribution in [0.2, 0.25) is 0 Å². The number of benzene rings is 1. The van der Waals surface area contributed by atoms with Crippen molar-refractivity contribution >= 4 is 27.3 Å². The Morgan fingerprint density at radius 2 is 1.94 bits per heavy atom. The van der Waals surface area contributed by atoms with Crippen molar-refractivity contribution in [1.82, 2.24) is 0 Å². The second-order valence-corrected chi connectivity index (χ2v) is 5.31. The van der Waals surface area contributed by atoms with E-state index in [0.29, 0.717) is 0 Å². The van der Waals surface area contributed by atoms with Gasteiger partial charge in [0.1, 0.15) is 0 Å². The van der Waals surface area contributed by atoms with Crippen LogP contribution >= 0.6 is 27.3 Å². The van der Waals surface area contributed by atoms with Crippen molar-refractivity contribution in [2.75, 3.05) is 0 Å². The van der Waals surface area contributed by atoms with Gasteiger partial charge in [-0.15, -0.1) is 0 Å². The third-order valence-electron chi connectivity index (χ3n) is 2.55. The van der Waals surface area contributed by atoms with Crippen molar-refractivity contribution in [2.45, 2.75) is 18.9 Å². The highest BCUT2D eigenvalue weighted by Crippen LogP contribution is 2.29. The Balaban J connectivity index is 1.94. The second kappa shape index (κ2) is 5.62. The maximum atomic E-state index is 10.0. The predicted molar refractivity (Wildman–Crippen MR) is 71.7 cm³/mol. The molecule has 0 saturated heterocycles. The highest BCUT2D eigenvalue weighted by atomic mass is 79.9. The molecule has 1 unspecified atom stereocenters. The van der Waals surface area contributed by atoms with E-state index in [-0.39, 0.29) is 6.10 Å². The van der Waals surface area contributed by atoms with Gasteiger partial charge in [0.15, 0.2) is 0 Å². The van der Waals surface area contributed by atoms with Crippen molar-refractivity contribution in [3.8, 4) is 0 Å². The molecule has 1 heterocycles. The van der Waals surface area contributed by atoms with Gasteiger partial charge >= 0.3 is 0 Å². The largest absolute Gasteiger partial charge is 0.388 e. The minimum absolute atomic E-state index is 0.374. The van der Waals surface area contributed by atoms with Crippen molar-refractivity contribution in [3.05, 3.63) is 56.7 Å². The molecule has 3 heteroatoms. The molecular formula is C13H13BrOS. The first-order valence-electron chi connectivity index (χ1n) is 5.21. The summed E-state index contributed by atoms with van der Waals surface area (Å²) in [7, 11) is 0. The van der Waals surface area contributed by atoms with Crippen LogP contribution in [0, 0.1) is 0 Å². The molecule has 0 saturated carbocycles. The molecule has 1 atom stereocenters. The fourth-order valence-corrected chi connectivity index (χ4v) is 3.24. The molecule has 2 rings (SSSR count). The highest BCUT2D eigenvalue weighted by Gasteiger charge is 2.11. The second-order valence-electron chi connectivity index (χ2n) is 3.72. The van der Waals surface area contributed by atoms with E-state index in [1.54, 1.807) is 11.3 Å².